The molecular weight excluding hydrogens is 206 g/mol. The van der Waals surface area contributed by atoms with Crippen molar-refractivity contribution in [1.82, 2.24) is 4.90 Å². The monoisotopic (exact) mass is 229 g/mol. The second kappa shape index (κ2) is 5.04. The number of piperidine rings is 1. The largest absolute Gasteiger partial charge is 0.465 e. The number of hydrogen-bond donors (Lipinski definition) is 2. The zero-order valence-electron chi connectivity index (χ0n) is 10.4. The molecule has 0 saturated carbocycles. The summed E-state index contributed by atoms with van der Waals surface area (Å²) in [5.74, 6) is 0.305. The molecule has 2 unspecified atom stereocenters. The number of likely N-dealkylation sites (tertiary alicyclic amines) is 1. The van der Waals surface area contributed by atoms with Crippen LogP contribution in [-0.2, 0) is 0 Å². The molecule has 2 atom stereocenters. The molecule has 1 aliphatic heterocycles. The van der Waals surface area contributed by atoms with Crippen LogP contribution in [-0.4, -0.2) is 40.4 Å². The van der Waals surface area contributed by atoms with E-state index in [1.54, 1.807) is 0 Å². The first kappa shape index (κ1) is 13.3. The topological polar surface area (TPSA) is 60.8 Å². The van der Waals surface area contributed by atoms with E-state index >= 15 is 0 Å². The summed E-state index contributed by atoms with van der Waals surface area (Å²) >= 11 is 0. The second-order valence-electron chi connectivity index (χ2n) is 5.85. The molecule has 0 radical (unpaired) electrons. The summed E-state index contributed by atoms with van der Waals surface area (Å²) in [6.07, 6.45) is 1.44. The Bertz CT molecular complexity index is 247. The highest BCUT2D eigenvalue weighted by atomic mass is 16.4. The highest BCUT2D eigenvalue weighted by Crippen LogP contribution is 2.28. The maximum absolute atomic E-state index is 10.8. The van der Waals surface area contributed by atoms with Gasteiger partial charge < -0.3 is 15.1 Å². The van der Waals surface area contributed by atoms with Crippen molar-refractivity contribution in [1.29, 1.82) is 0 Å². The van der Waals surface area contributed by atoms with Gasteiger partial charge in [-0.3, -0.25) is 0 Å². The Morgan fingerprint density at radius 1 is 1.50 bits per heavy atom. The third-order valence-electron chi connectivity index (χ3n) is 3.35. The van der Waals surface area contributed by atoms with Crippen molar-refractivity contribution in [2.45, 2.75) is 46.1 Å². The maximum atomic E-state index is 10.8. The molecule has 1 fully saturated rings. The van der Waals surface area contributed by atoms with Gasteiger partial charge in [-0.25, -0.2) is 4.79 Å². The number of rotatable bonds is 2. The summed E-state index contributed by atoms with van der Waals surface area (Å²) in [4.78, 5) is 12.3. The number of nitrogens with zero attached hydrogens (tertiary/aromatic N) is 1. The van der Waals surface area contributed by atoms with E-state index in [-0.39, 0.29) is 11.5 Å². The molecule has 0 aromatic heterocycles. The maximum Gasteiger partial charge on any atom is 0.407 e. The summed E-state index contributed by atoms with van der Waals surface area (Å²) in [5.41, 5.74) is -0.120. The molecule has 4 nitrogen and oxygen atoms in total. The third kappa shape index (κ3) is 3.67. The van der Waals surface area contributed by atoms with E-state index in [2.05, 4.69) is 0 Å². The van der Waals surface area contributed by atoms with E-state index in [0.717, 1.165) is 12.8 Å². The Labute approximate surface area is 97.3 Å². The Kier molecular flexibility index (Phi) is 4.19. The standard InChI is InChI=1S/C12H23NO3/c1-12(2,3)10(14)7-9-5-4-6-13(8-9)11(15)16/h9-10,14H,4-8H2,1-3H3,(H,15,16). The highest BCUT2D eigenvalue weighted by molar-refractivity contribution is 5.65. The van der Waals surface area contributed by atoms with Crippen molar-refractivity contribution < 1.29 is 15.0 Å². The predicted octanol–water partition coefficient (Wildman–Crippen LogP) is 2.17. The molecular formula is C12H23NO3. The van der Waals surface area contributed by atoms with E-state index in [1.807, 2.05) is 20.8 Å². The first-order chi connectivity index (χ1) is 7.30. The highest BCUT2D eigenvalue weighted by Gasteiger charge is 2.29. The molecule has 94 valence electrons. The van der Waals surface area contributed by atoms with Crippen molar-refractivity contribution in [3.05, 3.63) is 0 Å². The van der Waals surface area contributed by atoms with Crippen LogP contribution in [0.25, 0.3) is 0 Å². The van der Waals surface area contributed by atoms with E-state index in [1.165, 1.54) is 4.90 Å². The lowest BCUT2D eigenvalue weighted by Gasteiger charge is -2.34. The van der Waals surface area contributed by atoms with Gasteiger partial charge in [0, 0.05) is 13.1 Å². The fourth-order valence-corrected chi connectivity index (χ4v) is 2.10. The van der Waals surface area contributed by atoms with Gasteiger partial charge in [-0.1, -0.05) is 20.8 Å². The first-order valence-corrected chi connectivity index (χ1v) is 5.96. The van der Waals surface area contributed by atoms with Crippen LogP contribution >= 0.6 is 0 Å². The lowest BCUT2D eigenvalue weighted by Crippen LogP contribution is -2.41. The fraction of sp³-hybridized carbons (Fsp3) is 0.917. The van der Waals surface area contributed by atoms with E-state index in [0.29, 0.717) is 25.4 Å². The molecule has 2 N–H and O–H groups in total. The zero-order valence-corrected chi connectivity index (χ0v) is 10.4. The lowest BCUT2D eigenvalue weighted by molar-refractivity contribution is 0.0275. The average molecular weight is 229 g/mol. The number of aliphatic hydroxyl groups is 1. The van der Waals surface area contributed by atoms with Crippen molar-refractivity contribution in [2.24, 2.45) is 11.3 Å². The van der Waals surface area contributed by atoms with Gasteiger partial charge in [0.15, 0.2) is 0 Å². The number of carbonyl (C=O) groups is 1. The van der Waals surface area contributed by atoms with Gasteiger partial charge in [0.2, 0.25) is 0 Å². The average Bonchev–Trinajstić information content (AvgIpc) is 2.16. The summed E-state index contributed by atoms with van der Waals surface area (Å²) in [6.45, 7) is 7.24. The molecule has 0 spiro atoms. The minimum Gasteiger partial charge on any atom is -0.465 e. The molecule has 0 aromatic carbocycles. The lowest BCUT2D eigenvalue weighted by atomic mass is 9.81. The molecule has 1 rings (SSSR count). The van der Waals surface area contributed by atoms with Gasteiger partial charge >= 0.3 is 6.09 Å². The van der Waals surface area contributed by atoms with Gasteiger partial charge in [0.05, 0.1) is 6.10 Å². The van der Waals surface area contributed by atoms with Crippen LogP contribution in [0.15, 0.2) is 0 Å². The zero-order chi connectivity index (χ0) is 12.3. The van der Waals surface area contributed by atoms with Crippen LogP contribution in [0, 0.1) is 11.3 Å². The Morgan fingerprint density at radius 2 is 2.12 bits per heavy atom. The smallest absolute Gasteiger partial charge is 0.407 e. The molecule has 1 aliphatic rings. The van der Waals surface area contributed by atoms with Crippen molar-refractivity contribution in [3.63, 3.8) is 0 Å². The molecule has 0 bridgehead atoms. The molecule has 1 amide bonds. The Balaban J connectivity index is 2.46. The number of aliphatic hydroxyl groups excluding tert-OH is 1. The van der Waals surface area contributed by atoms with Gasteiger partial charge in [-0.05, 0) is 30.6 Å². The van der Waals surface area contributed by atoms with Crippen LogP contribution in [0.5, 0.6) is 0 Å². The summed E-state index contributed by atoms with van der Waals surface area (Å²) in [7, 11) is 0. The minimum absolute atomic E-state index is 0.120. The van der Waals surface area contributed by atoms with Gasteiger partial charge in [-0.2, -0.15) is 0 Å². The Hall–Kier alpha value is -0.770. The molecule has 1 saturated heterocycles. The first-order valence-electron chi connectivity index (χ1n) is 5.96. The second-order valence-corrected chi connectivity index (χ2v) is 5.85. The van der Waals surface area contributed by atoms with Gasteiger partial charge in [0.25, 0.3) is 0 Å². The van der Waals surface area contributed by atoms with E-state index in [9.17, 15) is 9.90 Å². The number of carboxylic acid groups (broad SMARTS) is 1. The SMILES string of the molecule is CC(C)(C)C(O)CC1CCCN(C(=O)O)C1. The van der Waals surface area contributed by atoms with Gasteiger partial charge in [0.1, 0.15) is 0 Å². The minimum atomic E-state index is -0.838. The van der Waals surface area contributed by atoms with E-state index in [4.69, 9.17) is 5.11 Å². The van der Waals surface area contributed by atoms with Crippen LogP contribution in [0.2, 0.25) is 0 Å². The molecule has 4 heteroatoms. The third-order valence-corrected chi connectivity index (χ3v) is 3.35. The van der Waals surface area contributed by atoms with Crippen LogP contribution < -0.4 is 0 Å². The van der Waals surface area contributed by atoms with Crippen LogP contribution in [0.3, 0.4) is 0 Å². The summed E-state index contributed by atoms with van der Waals surface area (Å²) < 4.78 is 0. The molecule has 0 aliphatic carbocycles. The molecule has 0 aromatic rings. The normalized spacial score (nSPS) is 24.2. The van der Waals surface area contributed by atoms with E-state index < -0.39 is 6.09 Å². The summed E-state index contributed by atoms with van der Waals surface area (Å²) in [5, 5.41) is 18.9. The van der Waals surface area contributed by atoms with Crippen molar-refractivity contribution in [2.75, 3.05) is 13.1 Å². The van der Waals surface area contributed by atoms with Crippen LogP contribution in [0.4, 0.5) is 4.79 Å². The predicted molar refractivity (Wildman–Crippen MR) is 62.4 cm³/mol. The number of hydrogen-bond acceptors (Lipinski definition) is 2. The molecule has 16 heavy (non-hydrogen) atoms. The van der Waals surface area contributed by atoms with Crippen molar-refractivity contribution >= 4 is 6.09 Å². The number of amides is 1. The Morgan fingerprint density at radius 3 is 2.62 bits per heavy atom. The molecule has 1 heterocycles. The fourth-order valence-electron chi connectivity index (χ4n) is 2.10. The van der Waals surface area contributed by atoms with Crippen molar-refractivity contribution in [3.8, 4) is 0 Å². The quantitative estimate of drug-likeness (QED) is 0.763. The van der Waals surface area contributed by atoms with Crippen LogP contribution in [0.1, 0.15) is 40.0 Å². The summed E-state index contributed by atoms with van der Waals surface area (Å²) in [6, 6.07) is 0. The van der Waals surface area contributed by atoms with Gasteiger partial charge in [-0.15, -0.1) is 0 Å².